The van der Waals surface area contributed by atoms with Crippen molar-refractivity contribution >= 4 is 27.7 Å². The summed E-state index contributed by atoms with van der Waals surface area (Å²) >= 11 is 0.494. The van der Waals surface area contributed by atoms with Crippen molar-refractivity contribution in [2.75, 3.05) is 7.11 Å². The minimum absolute atomic E-state index is 0.0625. The van der Waals surface area contributed by atoms with Gasteiger partial charge in [-0.1, -0.05) is 19.1 Å². The van der Waals surface area contributed by atoms with E-state index in [9.17, 15) is 9.00 Å². The first-order valence-corrected chi connectivity index (χ1v) is 7.87. The van der Waals surface area contributed by atoms with Crippen molar-refractivity contribution in [2.45, 2.75) is 27.2 Å². The van der Waals surface area contributed by atoms with Gasteiger partial charge in [-0.2, -0.15) is 5.10 Å². The molecular weight excluding hydrogens is 300 g/mol. The van der Waals surface area contributed by atoms with E-state index in [1.165, 1.54) is 0 Å². The second kappa shape index (κ2) is 6.87. The van der Waals surface area contributed by atoms with Crippen LogP contribution in [0, 0.1) is 11.8 Å². The summed E-state index contributed by atoms with van der Waals surface area (Å²) in [4.78, 5) is 12.1. The fourth-order valence-electron chi connectivity index (χ4n) is 2.73. The molecule has 6 heteroatoms. The van der Waals surface area contributed by atoms with Crippen LogP contribution in [-0.4, -0.2) is 27.8 Å². The molecule has 0 bridgehead atoms. The fraction of sp³-hybridized carbons (Fsp3) is 0.438. The van der Waals surface area contributed by atoms with E-state index in [0.717, 1.165) is 27.5 Å². The van der Waals surface area contributed by atoms with E-state index < -0.39 is 0 Å². The van der Waals surface area contributed by atoms with Crippen LogP contribution in [-0.2, 0) is 20.8 Å². The van der Waals surface area contributed by atoms with Crippen molar-refractivity contribution in [3.63, 3.8) is 0 Å². The zero-order valence-electron chi connectivity index (χ0n) is 13.2. The van der Waals surface area contributed by atoms with Gasteiger partial charge in [-0.25, -0.2) is 9.63 Å². The Morgan fingerprint density at radius 1 is 1.55 bits per heavy atom. The van der Waals surface area contributed by atoms with Gasteiger partial charge in [0, 0.05) is 23.8 Å². The fourth-order valence-corrected chi connectivity index (χ4v) is 3.21. The van der Waals surface area contributed by atoms with E-state index in [1.807, 2.05) is 39.0 Å². The van der Waals surface area contributed by atoms with Gasteiger partial charge in [0.15, 0.2) is 0 Å². The quantitative estimate of drug-likeness (QED) is 0.808. The highest BCUT2D eigenvalue weighted by atomic mass is 32.1. The molecule has 1 amide bonds. The third-order valence-electron chi connectivity index (χ3n) is 3.90. The Bertz CT molecular complexity index is 667. The number of amides is 1. The number of hydrogen-bond donors (Lipinski definition) is 1. The SMILES string of the molecule is COC1=C(C)C(=S=O)C(C=C(C)C2=NNC(=O)CC2C)C=C1. The van der Waals surface area contributed by atoms with Gasteiger partial charge in [-0.15, -0.1) is 0 Å². The van der Waals surface area contributed by atoms with Crippen molar-refractivity contribution in [3.05, 3.63) is 35.1 Å². The lowest BCUT2D eigenvalue weighted by Gasteiger charge is -2.22. The smallest absolute Gasteiger partial charge is 0.240 e. The van der Waals surface area contributed by atoms with Gasteiger partial charge in [-0.3, -0.25) is 4.79 Å². The minimum Gasteiger partial charge on any atom is -0.496 e. The topological polar surface area (TPSA) is 67.8 Å². The van der Waals surface area contributed by atoms with Crippen molar-refractivity contribution in [1.82, 2.24) is 5.43 Å². The van der Waals surface area contributed by atoms with Crippen LogP contribution >= 0.6 is 0 Å². The highest BCUT2D eigenvalue weighted by Crippen LogP contribution is 2.24. The Morgan fingerprint density at radius 3 is 2.86 bits per heavy atom. The molecule has 0 fully saturated rings. The molecule has 22 heavy (non-hydrogen) atoms. The summed E-state index contributed by atoms with van der Waals surface area (Å²) in [5.41, 5.74) is 5.22. The molecule has 0 aromatic rings. The number of methoxy groups -OCH3 is 1. The Kier molecular flexibility index (Phi) is 5.13. The second-order valence-corrected chi connectivity index (χ2v) is 6.12. The van der Waals surface area contributed by atoms with Crippen LogP contribution < -0.4 is 5.43 Å². The lowest BCUT2D eigenvalue weighted by molar-refractivity contribution is -0.121. The first-order valence-electron chi connectivity index (χ1n) is 7.13. The lowest BCUT2D eigenvalue weighted by atomic mass is 9.88. The molecule has 2 aliphatic rings. The molecule has 0 saturated heterocycles. The van der Waals surface area contributed by atoms with Crippen LogP contribution in [0.4, 0.5) is 0 Å². The van der Waals surface area contributed by atoms with Gasteiger partial charge in [0.2, 0.25) is 5.91 Å². The number of carbonyl (C=O) groups is 1. The average Bonchev–Trinajstić information content (AvgIpc) is 2.47. The van der Waals surface area contributed by atoms with E-state index >= 15 is 0 Å². The van der Waals surface area contributed by atoms with E-state index in [0.29, 0.717) is 17.7 Å². The summed E-state index contributed by atoms with van der Waals surface area (Å²) < 4.78 is 16.7. The maximum absolute atomic E-state index is 11.5. The predicted octanol–water partition coefficient (Wildman–Crippen LogP) is 1.94. The number of carbonyl (C=O) groups excluding carboxylic acids is 1. The maximum Gasteiger partial charge on any atom is 0.240 e. The zero-order valence-corrected chi connectivity index (χ0v) is 14.0. The zero-order chi connectivity index (χ0) is 16.3. The normalized spacial score (nSPS) is 25.8. The molecular formula is C16H20N2O3S. The van der Waals surface area contributed by atoms with E-state index in [-0.39, 0.29) is 17.7 Å². The molecule has 2 unspecified atom stereocenters. The average molecular weight is 320 g/mol. The van der Waals surface area contributed by atoms with Crippen LogP contribution in [0.25, 0.3) is 0 Å². The molecule has 5 nitrogen and oxygen atoms in total. The molecule has 1 N–H and O–H groups in total. The molecule has 0 aromatic heterocycles. The number of allylic oxidation sites excluding steroid dienone is 5. The number of nitrogens with zero attached hydrogens (tertiary/aromatic N) is 1. The summed E-state index contributed by atoms with van der Waals surface area (Å²) in [5.74, 6) is 0.643. The first-order chi connectivity index (χ1) is 10.5. The lowest BCUT2D eigenvalue weighted by Crippen LogP contribution is -2.32. The van der Waals surface area contributed by atoms with Gasteiger partial charge >= 0.3 is 0 Å². The number of rotatable bonds is 3. The molecule has 0 aromatic carbocycles. The van der Waals surface area contributed by atoms with Gasteiger partial charge < -0.3 is 4.74 Å². The highest BCUT2D eigenvalue weighted by molar-refractivity contribution is 7.67. The van der Waals surface area contributed by atoms with Crippen molar-refractivity contribution in [1.29, 1.82) is 0 Å². The van der Waals surface area contributed by atoms with Gasteiger partial charge in [-0.05, 0) is 25.5 Å². The Hall–Kier alpha value is -1.95. The largest absolute Gasteiger partial charge is 0.496 e. The van der Waals surface area contributed by atoms with E-state index in [2.05, 4.69) is 10.5 Å². The maximum atomic E-state index is 11.5. The number of ether oxygens (including phenoxy) is 1. The molecule has 0 radical (unpaired) electrons. The summed E-state index contributed by atoms with van der Waals surface area (Å²) in [6.07, 6.45) is 6.28. The number of hydrogen-bond acceptors (Lipinski definition) is 4. The first kappa shape index (κ1) is 16.4. The van der Waals surface area contributed by atoms with Crippen molar-refractivity contribution < 1.29 is 13.7 Å². The minimum atomic E-state index is -0.0890. The molecule has 0 spiro atoms. The Morgan fingerprint density at radius 2 is 2.27 bits per heavy atom. The van der Waals surface area contributed by atoms with Crippen molar-refractivity contribution in [2.24, 2.45) is 16.9 Å². The van der Waals surface area contributed by atoms with Crippen LogP contribution in [0.15, 0.2) is 40.2 Å². The summed E-state index contributed by atoms with van der Waals surface area (Å²) in [6.45, 7) is 5.82. The standard InChI is InChI=1S/C16H20N2O3S/c1-9(15-10(2)8-14(19)17-18-15)7-12-5-6-13(21-4)11(3)16(12)22-20/h5-7,10,12H,8H2,1-4H3,(H,17,19). The molecule has 2 rings (SSSR count). The summed E-state index contributed by atoms with van der Waals surface area (Å²) in [6, 6.07) is 0. The van der Waals surface area contributed by atoms with Crippen molar-refractivity contribution in [3.8, 4) is 0 Å². The molecule has 0 saturated carbocycles. The third kappa shape index (κ3) is 3.27. The van der Waals surface area contributed by atoms with E-state index in [1.54, 1.807) is 7.11 Å². The van der Waals surface area contributed by atoms with Gasteiger partial charge in [0.05, 0.1) is 28.9 Å². The van der Waals surface area contributed by atoms with Gasteiger partial charge in [0.1, 0.15) is 5.76 Å². The highest BCUT2D eigenvalue weighted by Gasteiger charge is 2.24. The second-order valence-electron chi connectivity index (χ2n) is 5.51. The summed E-state index contributed by atoms with van der Waals surface area (Å²) in [7, 11) is 1.60. The van der Waals surface area contributed by atoms with E-state index in [4.69, 9.17) is 4.74 Å². The monoisotopic (exact) mass is 320 g/mol. The Labute approximate surface area is 133 Å². The van der Waals surface area contributed by atoms with Crippen LogP contribution in [0.2, 0.25) is 0 Å². The van der Waals surface area contributed by atoms with Gasteiger partial charge in [0.25, 0.3) is 0 Å². The molecule has 1 heterocycles. The van der Waals surface area contributed by atoms with Crippen LogP contribution in [0.5, 0.6) is 0 Å². The number of nitrogens with one attached hydrogen (secondary N) is 1. The third-order valence-corrected chi connectivity index (χ3v) is 4.66. The predicted molar refractivity (Wildman–Crippen MR) is 88.6 cm³/mol. The molecule has 1 aliphatic carbocycles. The molecule has 2 atom stereocenters. The summed E-state index contributed by atoms with van der Waals surface area (Å²) in [5, 5.41) is 4.15. The molecule has 118 valence electrons. The molecule has 1 aliphatic heterocycles. The number of hydrazone groups is 1. The van der Waals surface area contributed by atoms with Crippen LogP contribution in [0.1, 0.15) is 27.2 Å². The van der Waals surface area contributed by atoms with Crippen LogP contribution in [0.3, 0.4) is 0 Å². The Balaban J connectivity index is 2.30.